The first-order valence-corrected chi connectivity index (χ1v) is 8.29. The van der Waals surface area contributed by atoms with Crippen molar-refractivity contribution in [1.82, 2.24) is 0 Å². The molecule has 0 aromatic heterocycles. The number of anilines is 1. The highest BCUT2D eigenvalue weighted by atomic mass is 28.3. The molecule has 0 unspecified atom stereocenters. The van der Waals surface area contributed by atoms with Gasteiger partial charge in [-0.15, -0.1) is 5.54 Å². The molecular formula is C11H11F4NSi. The molecule has 2 N–H and O–H groups in total. The molecule has 0 saturated heterocycles. The number of halogens is 4. The Balaban J connectivity index is 3.49. The fraction of sp³-hybridized carbons (Fsp3) is 0.273. The predicted octanol–water partition coefficient (Wildman–Crippen LogP) is 3.05. The molecule has 1 aromatic carbocycles. The number of nitrogen functional groups attached to an aromatic ring is 1. The Bertz CT molecular complexity index is 494. The minimum atomic E-state index is -1.92. The molecule has 0 aliphatic heterocycles. The average Bonchev–Trinajstić information content (AvgIpc) is 2.22. The van der Waals surface area contributed by atoms with Crippen molar-refractivity contribution in [2.75, 3.05) is 5.73 Å². The Hall–Kier alpha value is -1.48. The second kappa shape index (κ2) is 4.41. The van der Waals surface area contributed by atoms with E-state index < -0.39 is 42.6 Å². The van der Waals surface area contributed by atoms with Crippen molar-refractivity contribution in [3.8, 4) is 11.5 Å². The van der Waals surface area contributed by atoms with E-state index in [2.05, 4.69) is 11.5 Å². The van der Waals surface area contributed by atoms with Crippen LogP contribution in [0.2, 0.25) is 19.6 Å². The highest BCUT2D eigenvalue weighted by molar-refractivity contribution is 6.83. The maximum atomic E-state index is 13.3. The van der Waals surface area contributed by atoms with Gasteiger partial charge in [0.2, 0.25) is 0 Å². The molecule has 92 valence electrons. The molecule has 0 bridgehead atoms. The smallest absolute Gasteiger partial charge is 0.199 e. The van der Waals surface area contributed by atoms with E-state index >= 15 is 0 Å². The molecule has 0 heterocycles. The van der Waals surface area contributed by atoms with Gasteiger partial charge in [-0.1, -0.05) is 25.6 Å². The minimum absolute atomic E-state index is 0.621. The van der Waals surface area contributed by atoms with Gasteiger partial charge < -0.3 is 5.73 Å². The molecule has 1 nitrogen and oxygen atoms in total. The van der Waals surface area contributed by atoms with E-state index in [-0.39, 0.29) is 0 Å². The molecule has 0 aliphatic carbocycles. The van der Waals surface area contributed by atoms with E-state index in [0.717, 1.165) is 0 Å². The van der Waals surface area contributed by atoms with E-state index in [4.69, 9.17) is 5.73 Å². The van der Waals surface area contributed by atoms with Gasteiger partial charge in [0.05, 0.1) is 11.3 Å². The summed E-state index contributed by atoms with van der Waals surface area (Å²) in [5, 5.41) is 0. The van der Waals surface area contributed by atoms with E-state index in [0.29, 0.717) is 0 Å². The predicted molar refractivity (Wildman–Crippen MR) is 60.9 cm³/mol. The molecule has 0 aliphatic rings. The normalized spacial score (nSPS) is 11.0. The Kier molecular flexibility index (Phi) is 3.53. The summed E-state index contributed by atoms with van der Waals surface area (Å²) in [7, 11) is -1.86. The molecule has 0 radical (unpaired) electrons. The van der Waals surface area contributed by atoms with Crippen molar-refractivity contribution in [2.45, 2.75) is 19.6 Å². The maximum absolute atomic E-state index is 13.3. The summed E-state index contributed by atoms with van der Waals surface area (Å²) in [4.78, 5) is 0. The maximum Gasteiger partial charge on any atom is 0.199 e. The molecule has 0 fully saturated rings. The van der Waals surface area contributed by atoms with Gasteiger partial charge in [-0.25, -0.2) is 17.6 Å². The highest BCUT2D eigenvalue weighted by Crippen LogP contribution is 2.25. The van der Waals surface area contributed by atoms with Gasteiger partial charge in [0.1, 0.15) is 8.07 Å². The monoisotopic (exact) mass is 261 g/mol. The summed E-state index contributed by atoms with van der Waals surface area (Å²) >= 11 is 0. The average molecular weight is 261 g/mol. The molecule has 0 amide bonds. The number of benzene rings is 1. The van der Waals surface area contributed by atoms with Crippen LogP contribution in [0.15, 0.2) is 0 Å². The van der Waals surface area contributed by atoms with E-state index in [1.165, 1.54) is 0 Å². The van der Waals surface area contributed by atoms with Crippen LogP contribution in [0.4, 0.5) is 23.2 Å². The lowest BCUT2D eigenvalue weighted by molar-refractivity contribution is 0.410. The minimum Gasteiger partial charge on any atom is -0.395 e. The van der Waals surface area contributed by atoms with E-state index in [1.807, 2.05) is 19.6 Å². The van der Waals surface area contributed by atoms with Crippen LogP contribution in [0, 0.1) is 34.7 Å². The van der Waals surface area contributed by atoms with Crippen LogP contribution in [0.1, 0.15) is 5.56 Å². The molecule has 0 saturated carbocycles. The second-order valence-electron chi connectivity index (χ2n) is 4.54. The molecule has 1 rings (SSSR count). The molecule has 0 atom stereocenters. The zero-order valence-corrected chi connectivity index (χ0v) is 10.6. The number of rotatable bonds is 0. The summed E-state index contributed by atoms with van der Waals surface area (Å²) in [5.74, 6) is -4.67. The number of nitrogens with two attached hydrogens (primary N) is 1. The largest absolute Gasteiger partial charge is 0.395 e. The summed E-state index contributed by atoms with van der Waals surface area (Å²) in [5.41, 5.74) is 6.46. The third kappa shape index (κ3) is 2.80. The third-order valence-corrected chi connectivity index (χ3v) is 2.74. The van der Waals surface area contributed by atoms with Crippen LogP contribution in [0.5, 0.6) is 0 Å². The molecule has 17 heavy (non-hydrogen) atoms. The molecular weight excluding hydrogens is 250 g/mol. The summed E-state index contributed by atoms with van der Waals surface area (Å²) in [6, 6.07) is 0. The first kappa shape index (κ1) is 13.6. The van der Waals surface area contributed by atoms with E-state index in [9.17, 15) is 17.6 Å². The van der Waals surface area contributed by atoms with Crippen LogP contribution in [-0.4, -0.2) is 8.07 Å². The van der Waals surface area contributed by atoms with Gasteiger partial charge in [-0.2, -0.15) is 0 Å². The summed E-state index contributed by atoms with van der Waals surface area (Å²) in [6.07, 6.45) is 0. The molecule has 6 heteroatoms. The first-order chi connectivity index (χ1) is 7.65. The Morgan fingerprint density at radius 2 is 1.35 bits per heavy atom. The number of hydrogen-bond donors (Lipinski definition) is 1. The second-order valence-corrected chi connectivity index (χ2v) is 9.29. The Morgan fingerprint density at radius 1 is 0.882 bits per heavy atom. The van der Waals surface area contributed by atoms with Crippen molar-refractivity contribution < 1.29 is 17.6 Å². The quantitative estimate of drug-likeness (QED) is 0.191. The number of hydrogen-bond acceptors (Lipinski definition) is 1. The fourth-order valence-corrected chi connectivity index (χ4v) is 1.52. The van der Waals surface area contributed by atoms with Crippen molar-refractivity contribution in [1.29, 1.82) is 0 Å². The van der Waals surface area contributed by atoms with Crippen molar-refractivity contribution in [3.05, 3.63) is 28.8 Å². The van der Waals surface area contributed by atoms with Crippen LogP contribution in [0.25, 0.3) is 0 Å². The summed E-state index contributed by atoms with van der Waals surface area (Å²) in [6.45, 7) is 5.60. The van der Waals surface area contributed by atoms with Crippen molar-refractivity contribution >= 4 is 13.8 Å². The van der Waals surface area contributed by atoms with E-state index in [1.54, 1.807) is 0 Å². The van der Waals surface area contributed by atoms with Crippen molar-refractivity contribution in [2.24, 2.45) is 0 Å². The standard InChI is InChI=1S/C11H11F4NSi/c1-17(2,3)5-4-6-7(12)8(13)9(14)10(15)11(6)16/h16H2,1-3H3. The Labute approximate surface area is 97.6 Å². The molecule has 0 spiro atoms. The lowest BCUT2D eigenvalue weighted by Crippen LogP contribution is -2.16. The summed E-state index contributed by atoms with van der Waals surface area (Å²) < 4.78 is 52.2. The first-order valence-electron chi connectivity index (χ1n) is 4.79. The van der Waals surface area contributed by atoms with Gasteiger partial charge in [-0.05, 0) is 0 Å². The van der Waals surface area contributed by atoms with Gasteiger partial charge in [0, 0.05) is 0 Å². The van der Waals surface area contributed by atoms with Crippen LogP contribution in [-0.2, 0) is 0 Å². The topological polar surface area (TPSA) is 26.0 Å². The zero-order chi connectivity index (χ0) is 13.4. The van der Waals surface area contributed by atoms with Crippen LogP contribution in [0.3, 0.4) is 0 Å². The fourth-order valence-electron chi connectivity index (χ4n) is 1.02. The Morgan fingerprint density at radius 3 is 1.82 bits per heavy atom. The van der Waals surface area contributed by atoms with Gasteiger partial charge in [0.15, 0.2) is 23.3 Å². The lowest BCUT2D eigenvalue weighted by atomic mass is 10.1. The van der Waals surface area contributed by atoms with Crippen LogP contribution < -0.4 is 5.73 Å². The van der Waals surface area contributed by atoms with Gasteiger partial charge in [0.25, 0.3) is 0 Å². The van der Waals surface area contributed by atoms with Crippen molar-refractivity contribution in [3.63, 3.8) is 0 Å². The molecule has 1 aromatic rings. The van der Waals surface area contributed by atoms with Gasteiger partial charge in [-0.3, -0.25) is 0 Å². The third-order valence-electron chi connectivity index (χ3n) is 1.87. The zero-order valence-electron chi connectivity index (χ0n) is 9.59. The SMILES string of the molecule is C[Si](C)(C)C#Cc1c(N)c(F)c(F)c(F)c1F. The highest BCUT2D eigenvalue weighted by Gasteiger charge is 2.23. The van der Waals surface area contributed by atoms with Gasteiger partial charge >= 0.3 is 0 Å². The lowest BCUT2D eigenvalue weighted by Gasteiger charge is -2.07. The van der Waals surface area contributed by atoms with Crippen LogP contribution >= 0.6 is 0 Å².